The molecule has 2 aromatic rings. The molecule has 1 aliphatic carbocycles. The van der Waals surface area contributed by atoms with E-state index >= 15 is 0 Å². The number of hydrogen-bond acceptors (Lipinski definition) is 3. The SMILES string of the molecule is Cc1cccc(COc2cccc(C(=O)NC(CN)C3CC3)c2)c1. The Bertz CT molecular complexity index is 710. The van der Waals surface area contributed by atoms with Gasteiger partial charge in [0.15, 0.2) is 0 Å². The lowest BCUT2D eigenvalue weighted by atomic mass is 10.1. The zero-order chi connectivity index (χ0) is 16.9. The Labute approximate surface area is 143 Å². The highest BCUT2D eigenvalue weighted by atomic mass is 16.5. The van der Waals surface area contributed by atoms with Crippen molar-refractivity contribution in [1.82, 2.24) is 5.32 Å². The number of amides is 1. The minimum atomic E-state index is -0.0849. The highest BCUT2D eigenvalue weighted by molar-refractivity contribution is 5.94. The van der Waals surface area contributed by atoms with Gasteiger partial charge in [0, 0.05) is 18.2 Å². The Morgan fingerprint density at radius 1 is 1.25 bits per heavy atom. The van der Waals surface area contributed by atoms with Gasteiger partial charge in [0.25, 0.3) is 5.91 Å². The van der Waals surface area contributed by atoms with Crippen molar-refractivity contribution in [2.45, 2.75) is 32.4 Å². The van der Waals surface area contributed by atoms with Crippen LogP contribution in [-0.2, 0) is 6.61 Å². The molecule has 1 fully saturated rings. The predicted molar refractivity (Wildman–Crippen MR) is 95.0 cm³/mol. The summed E-state index contributed by atoms with van der Waals surface area (Å²) in [6.45, 7) is 3.03. The van der Waals surface area contributed by atoms with Gasteiger partial charge in [0.1, 0.15) is 12.4 Å². The van der Waals surface area contributed by atoms with Crippen LogP contribution in [-0.4, -0.2) is 18.5 Å². The molecule has 0 aliphatic heterocycles. The summed E-state index contributed by atoms with van der Waals surface area (Å²) in [6, 6.07) is 15.6. The molecular weight excluding hydrogens is 300 g/mol. The summed E-state index contributed by atoms with van der Waals surface area (Å²) >= 11 is 0. The second-order valence-corrected chi connectivity index (χ2v) is 6.46. The highest BCUT2D eigenvalue weighted by Gasteiger charge is 2.31. The molecule has 0 bridgehead atoms. The maximum Gasteiger partial charge on any atom is 0.251 e. The van der Waals surface area contributed by atoms with Crippen molar-refractivity contribution in [3.63, 3.8) is 0 Å². The zero-order valence-electron chi connectivity index (χ0n) is 14.0. The van der Waals surface area contributed by atoms with Crippen LogP contribution in [0.2, 0.25) is 0 Å². The van der Waals surface area contributed by atoms with Gasteiger partial charge in [-0.3, -0.25) is 4.79 Å². The van der Waals surface area contributed by atoms with Gasteiger partial charge in [0.05, 0.1) is 0 Å². The van der Waals surface area contributed by atoms with Crippen LogP contribution in [0.25, 0.3) is 0 Å². The second kappa shape index (κ2) is 7.49. The van der Waals surface area contributed by atoms with Gasteiger partial charge in [-0.2, -0.15) is 0 Å². The lowest BCUT2D eigenvalue weighted by Gasteiger charge is -2.16. The summed E-state index contributed by atoms with van der Waals surface area (Å²) in [7, 11) is 0. The Morgan fingerprint density at radius 2 is 2.04 bits per heavy atom. The van der Waals surface area contributed by atoms with Gasteiger partial charge in [-0.15, -0.1) is 0 Å². The monoisotopic (exact) mass is 324 g/mol. The van der Waals surface area contributed by atoms with Crippen molar-refractivity contribution in [1.29, 1.82) is 0 Å². The largest absolute Gasteiger partial charge is 0.489 e. The second-order valence-electron chi connectivity index (χ2n) is 6.46. The molecule has 1 saturated carbocycles. The van der Waals surface area contributed by atoms with Crippen molar-refractivity contribution in [2.75, 3.05) is 6.54 Å². The number of aryl methyl sites for hydroxylation is 1. The molecule has 0 spiro atoms. The van der Waals surface area contributed by atoms with E-state index in [0.29, 0.717) is 30.4 Å². The number of hydrogen-bond donors (Lipinski definition) is 2. The van der Waals surface area contributed by atoms with Crippen molar-refractivity contribution in [2.24, 2.45) is 11.7 Å². The maximum atomic E-state index is 12.4. The van der Waals surface area contributed by atoms with Gasteiger partial charge in [-0.1, -0.05) is 35.9 Å². The quantitative estimate of drug-likeness (QED) is 0.823. The van der Waals surface area contributed by atoms with Gasteiger partial charge < -0.3 is 15.8 Å². The summed E-state index contributed by atoms with van der Waals surface area (Å²) in [4.78, 5) is 12.4. The topological polar surface area (TPSA) is 64.3 Å². The molecule has 0 saturated heterocycles. The number of carbonyl (C=O) groups is 1. The number of rotatable bonds is 7. The van der Waals surface area contributed by atoms with E-state index in [-0.39, 0.29) is 11.9 Å². The Balaban J connectivity index is 1.61. The van der Waals surface area contributed by atoms with Crippen LogP contribution in [0.1, 0.15) is 34.3 Å². The van der Waals surface area contributed by atoms with Crippen LogP contribution in [0.4, 0.5) is 0 Å². The van der Waals surface area contributed by atoms with Crippen LogP contribution in [0, 0.1) is 12.8 Å². The number of nitrogens with one attached hydrogen (secondary N) is 1. The number of benzene rings is 2. The first kappa shape index (κ1) is 16.5. The van der Waals surface area contributed by atoms with E-state index in [4.69, 9.17) is 10.5 Å². The minimum absolute atomic E-state index is 0.0781. The summed E-state index contributed by atoms with van der Waals surface area (Å²) in [5.41, 5.74) is 8.68. The first-order valence-electron chi connectivity index (χ1n) is 8.45. The molecule has 1 atom stereocenters. The first-order chi connectivity index (χ1) is 11.7. The van der Waals surface area contributed by atoms with E-state index in [1.807, 2.05) is 24.3 Å². The lowest BCUT2D eigenvalue weighted by molar-refractivity contribution is 0.0933. The molecule has 0 aromatic heterocycles. The number of carbonyl (C=O) groups excluding carboxylic acids is 1. The number of ether oxygens (including phenoxy) is 1. The van der Waals surface area contributed by atoms with E-state index in [1.54, 1.807) is 12.1 Å². The van der Waals surface area contributed by atoms with Gasteiger partial charge in [-0.05, 0) is 49.4 Å². The summed E-state index contributed by atoms with van der Waals surface area (Å²) in [5.74, 6) is 1.15. The Hall–Kier alpha value is -2.33. The van der Waals surface area contributed by atoms with Crippen LogP contribution in [0.5, 0.6) is 5.75 Å². The predicted octanol–water partition coefficient (Wildman–Crippen LogP) is 3.04. The van der Waals surface area contributed by atoms with E-state index in [0.717, 1.165) is 18.4 Å². The molecule has 1 aliphatic rings. The molecule has 4 heteroatoms. The molecule has 3 N–H and O–H groups in total. The fraction of sp³-hybridized carbons (Fsp3) is 0.350. The Kier molecular flexibility index (Phi) is 5.16. The zero-order valence-corrected chi connectivity index (χ0v) is 14.0. The van der Waals surface area contributed by atoms with Crippen molar-refractivity contribution >= 4 is 5.91 Å². The molecule has 1 unspecified atom stereocenters. The average Bonchev–Trinajstić information content (AvgIpc) is 3.43. The third-order valence-electron chi connectivity index (χ3n) is 4.35. The van der Waals surface area contributed by atoms with Gasteiger partial charge in [0.2, 0.25) is 0 Å². The smallest absolute Gasteiger partial charge is 0.251 e. The number of nitrogens with two attached hydrogens (primary N) is 1. The molecule has 2 aromatic carbocycles. The van der Waals surface area contributed by atoms with Gasteiger partial charge in [-0.25, -0.2) is 0 Å². The van der Waals surface area contributed by atoms with E-state index in [9.17, 15) is 4.79 Å². The van der Waals surface area contributed by atoms with Crippen molar-refractivity contribution in [3.8, 4) is 5.75 Å². The van der Waals surface area contributed by atoms with Crippen molar-refractivity contribution < 1.29 is 9.53 Å². The summed E-state index contributed by atoms with van der Waals surface area (Å²) in [6.07, 6.45) is 2.31. The van der Waals surface area contributed by atoms with Gasteiger partial charge >= 0.3 is 0 Å². The fourth-order valence-electron chi connectivity index (χ4n) is 2.82. The average molecular weight is 324 g/mol. The van der Waals surface area contributed by atoms with E-state index in [2.05, 4.69) is 24.4 Å². The lowest BCUT2D eigenvalue weighted by Crippen LogP contribution is -2.41. The molecular formula is C20H24N2O2. The third kappa shape index (κ3) is 4.36. The van der Waals surface area contributed by atoms with Crippen LogP contribution in [0.3, 0.4) is 0 Å². The minimum Gasteiger partial charge on any atom is -0.489 e. The maximum absolute atomic E-state index is 12.4. The third-order valence-corrected chi connectivity index (χ3v) is 4.35. The molecule has 24 heavy (non-hydrogen) atoms. The molecule has 126 valence electrons. The van der Waals surface area contributed by atoms with E-state index < -0.39 is 0 Å². The molecule has 4 nitrogen and oxygen atoms in total. The van der Waals surface area contributed by atoms with Crippen LogP contribution >= 0.6 is 0 Å². The van der Waals surface area contributed by atoms with E-state index in [1.165, 1.54) is 5.56 Å². The summed E-state index contributed by atoms with van der Waals surface area (Å²) < 4.78 is 5.82. The molecule has 3 rings (SSSR count). The normalized spacial score (nSPS) is 14.9. The molecule has 0 radical (unpaired) electrons. The first-order valence-corrected chi connectivity index (χ1v) is 8.45. The Morgan fingerprint density at radius 3 is 2.75 bits per heavy atom. The highest BCUT2D eigenvalue weighted by Crippen LogP contribution is 2.32. The molecule has 1 amide bonds. The fourth-order valence-corrected chi connectivity index (χ4v) is 2.82. The van der Waals surface area contributed by atoms with Crippen LogP contribution < -0.4 is 15.8 Å². The standard InChI is InChI=1S/C20H24N2O2/c1-14-4-2-5-15(10-14)13-24-18-7-3-6-17(11-18)20(23)22-19(12-21)16-8-9-16/h2-7,10-11,16,19H,8-9,12-13,21H2,1H3,(H,22,23). The molecule has 0 heterocycles. The van der Waals surface area contributed by atoms with Crippen LogP contribution in [0.15, 0.2) is 48.5 Å². The van der Waals surface area contributed by atoms with Crippen molar-refractivity contribution in [3.05, 3.63) is 65.2 Å². The summed E-state index contributed by atoms with van der Waals surface area (Å²) in [5, 5.41) is 3.03.